The first-order valence-electron chi connectivity index (χ1n) is 8.28. The van der Waals surface area contributed by atoms with Gasteiger partial charge >= 0.3 is 0 Å². The number of fused-ring (bicyclic) bond motifs is 1. The minimum Gasteiger partial charge on any atom is -0.453 e. The number of benzene rings is 2. The topological polar surface area (TPSA) is 76.9 Å². The Morgan fingerprint density at radius 2 is 1.89 bits per heavy atom. The Kier molecular flexibility index (Phi) is 4.94. The summed E-state index contributed by atoms with van der Waals surface area (Å²) in [7, 11) is 0. The van der Waals surface area contributed by atoms with E-state index in [-0.39, 0.29) is 0 Å². The van der Waals surface area contributed by atoms with Crippen molar-refractivity contribution in [2.75, 3.05) is 0 Å². The molecule has 0 saturated carbocycles. The smallest absolute Gasteiger partial charge is 0.226 e. The lowest BCUT2D eigenvalue weighted by atomic mass is 9.91. The van der Waals surface area contributed by atoms with Crippen molar-refractivity contribution in [3.63, 3.8) is 0 Å². The highest BCUT2D eigenvalue weighted by atomic mass is 79.9. The molecule has 3 aromatic rings. The minimum absolute atomic E-state index is 0.353. The largest absolute Gasteiger partial charge is 0.453 e. The van der Waals surface area contributed by atoms with Gasteiger partial charge in [0.15, 0.2) is 6.23 Å². The summed E-state index contributed by atoms with van der Waals surface area (Å²) in [6, 6.07) is 15.1. The summed E-state index contributed by atoms with van der Waals surface area (Å²) in [5.74, 6) is 0.459. The highest BCUT2D eigenvalue weighted by molar-refractivity contribution is 9.10. The lowest BCUT2D eigenvalue weighted by Gasteiger charge is -2.25. The number of nitriles is 1. The third-order valence-electron chi connectivity index (χ3n) is 4.46. The fraction of sp³-hybridized carbons (Fsp3) is 0.100. The Hall–Kier alpha value is -2.30. The SMILES string of the molecule is Cc1nn(-c2ccc(Cl)c(Cl)c2)c2c1C(c1ccc(Br)cc1)=C(C#N)C(N)O2. The van der Waals surface area contributed by atoms with E-state index in [0.717, 1.165) is 15.6 Å². The van der Waals surface area contributed by atoms with Crippen molar-refractivity contribution in [2.45, 2.75) is 13.2 Å². The van der Waals surface area contributed by atoms with E-state index >= 15 is 0 Å². The van der Waals surface area contributed by atoms with Crippen LogP contribution in [0.2, 0.25) is 10.0 Å². The Labute approximate surface area is 180 Å². The lowest BCUT2D eigenvalue weighted by Crippen LogP contribution is -2.33. The predicted molar refractivity (Wildman–Crippen MR) is 113 cm³/mol. The molecule has 0 fully saturated rings. The zero-order valence-electron chi connectivity index (χ0n) is 14.6. The Morgan fingerprint density at radius 3 is 2.54 bits per heavy atom. The van der Waals surface area contributed by atoms with Crippen molar-refractivity contribution < 1.29 is 4.74 Å². The summed E-state index contributed by atoms with van der Waals surface area (Å²) in [5.41, 5.74) is 10.2. The van der Waals surface area contributed by atoms with Gasteiger partial charge in [-0.05, 0) is 42.8 Å². The van der Waals surface area contributed by atoms with Crippen LogP contribution in [0.5, 0.6) is 5.88 Å². The molecule has 28 heavy (non-hydrogen) atoms. The number of hydrogen-bond donors (Lipinski definition) is 1. The Balaban J connectivity index is 1.97. The number of halogens is 3. The van der Waals surface area contributed by atoms with E-state index in [4.69, 9.17) is 33.7 Å². The van der Waals surface area contributed by atoms with Gasteiger partial charge in [0.25, 0.3) is 0 Å². The summed E-state index contributed by atoms with van der Waals surface area (Å²) in [6.07, 6.45) is -0.909. The van der Waals surface area contributed by atoms with Gasteiger partial charge in [0.05, 0.1) is 32.6 Å². The number of nitrogens with zero attached hydrogens (tertiary/aromatic N) is 3. The van der Waals surface area contributed by atoms with E-state index in [0.29, 0.717) is 38.5 Å². The Bertz CT molecular complexity index is 1160. The van der Waals surface area contributed by atoms with Gasteiger partial charge in [-0.25, -0.2) is 4.68 Å². The summed E-state index contributed by atoms with van der Waals surface area (Å²) in [5, 5.41) is 15.2. The standard InChI is InChI=1S/C20H13BrCl2N4O/c1-10-17-18(11-2-4-12(21)5-3-11)14(9-24)19(25)28-20(17)27(26-10)13-6-7-15(22)16(23)8-13/h2-8,19H,25H2,1H3. The molecule has 1 atom stereocenters. The number of rotatable bonds is 2. The number of hydrogen-bond acceptors (Lipinski definition) is 4. The Morgan fingerprint density at radius 1 is 1.18 bits per heavy atom. The van der Waals surface area contributed by atoms with Crippen LogP contribution in [0, 0.1) is 18.3 Å². The summed E-state index contributed by atoms with van der Waals surface area (Å²) in [4.78, 5) is 0. The summed E-state index contributed by atoms with van der Waals surface area (Å²) >= 11 is 15.6. The van der Waals surface area contributed by atoms with Gasteiger partial charge < -0.3 is 4.74 Å². The fourth-order valence-electron chi connectivity index (χ4n) is 3.19. The molecule has 4 rings (SSSR count). The van der Waals surface area contributed by atoms with Crippen LogP contribution in [0.15, 0.2) is 52.5 Å². The van der Waals surface area contributed by atoms with Crippen LogP contribution in [0.25, 0.3) is 11.3 Å². The van der Waals surface area contributed by atoms with Gasteiger partial charge in [-0.1, -0.05) is 51.3 Å². The van der Waals surface area contributed by atoms with Crippen LogP contribution >= 0.6 is 39.1 Å². The van der Waals surface area contributed by atoms with E-state index < -0.39 is 6.23 Å². The van der Waals surface area contributed by atoms with Gasteiger partial charge in [0, 0.05) is 10.0 Å². The van der Waals surface area contributed by atoms with Crippen molar-refractivity contribution in [1.82, 2.24) is 9.78 Å². The van der Waals surface area contributed by atoms with Gasteiger partial charge in [-0.2, -0.15) is 10.4 Å². The van der Waals surface area contributed by atoms with Crippen molar-refractivity contribution in [3.05, 3.63) is 79.4 Å². The molecular formula is C20H13BrCl2N4O. The van der Waals surface area contributed by atoms with Gasteiger partial charge in [-0.15, -0.1) is 0 Å². The molecule has 1 unspecified atom stereocenters. The molecule has 2 aromatic carbocycles. The average Bonchev–Trinajstić information content (AvgIpc) is 2.99. The third-order valence-corrected chi connectivity index (χ3v) is 5.73. The van der Waals surface area contributed by atoms with Gasteiger partial charge in [-0.3, -0.25) is 5.73 Å². The second-order valence-corrected chi connectivity index (χ2v) is 7.95. The van der Waals surface area contributed by atoms with Crippen LogP contribution in [0.1, 0.15) is 16.8 Å². The van der Waals surface area contributed by atoms with E-state index in [1.54, 1.807) is 22.9 Å². The average molecular weight is 476 g/mol. The molecule has 0 amide bonds. The van der Waals surface area contributed by atoms with E-state index in [9.17, 15) is 5.26 Å². The molecule has 1 aliphatic rings. The summed E-state index contributed by atoms with van der Waals surface area (Å²) < 4.78 is 8.46. The van der Waals surface area contributed by atoms with Crippen LogP contribution < -0.4 is 10.5 Å². The van der Waals surface area contributed by atoms with Gasteiger partial charge in [0.2, 0.25) is 5.88 Å². The monoisotopic (exact) mass is 474 g/mol. The second-order valence-electron chi connectivity index (χ2n) is 6.22. The predicted octanol–water partition coefficient (Wildman–Crippen LogP) is 5.25. The number of nitrogens with two attached hydrogens (primary N) is 1. The first-order chi connectivity index (χ1) is 13.4. The lowest BCUT2D eigenvalue weighted by molar-refractivity contribution is 0.228. The molecular weight excluding hydrogens is 463 g/mol. The molecule has 0 spiro atoms. The van der Waals surface area contributed by atoms with Crippen molar-refractivity contribution in [2.24, 2.45) is 5.73 Å². The maximum atomic E-state index is 9.72. The van der Waals surface area contributed by atoms with Crippen molar-refractivity contribution >= 4 is 44.7 Å². The minimum atomic E-state index is -0.909. The molecule has 8 heteroatoms. The van der Waals surface area contributed by atoms with Crippen molar-refractivity contribution in [3.8, 4) is 17.6 Å². The third kappa shape index (κ3) is 3.11. The molecule has 140 valence electrons. The number of aromatic nitrogens is 2. The summed E-state index contributed by atoms with van der Waals surface area (Å²) in [6.45, 7) is 1.86. The molecule has 0 bridgehead atoms. The van der Waals surface area contributed by atoms with Crippen LogP contribution in [0.3, 0.4) is 0 Å². The quantitative estimate of drug-likeness (QED) is 0.548. The zero-order chi connectivity index (χ0) is 20.0. The van der Waals surface area contributed by atoms with Crippen molar-refractivity contribution in [1.29, 1.82) is 5.26 Å². The van der Waals surface area contributed by atoms with E-state index in [2.05, 4.69) is 27.1 Å². The molecule has 2 N–H and O–H groups in total. The molecule has 0 radical (unpaired) electrons. The van der Waals surface area contributed by atoms with Crippen LogP contribution in [-0.4, -0.2) is 16.0 Å². The second kappa shape index (κ2) is 7.26. The molecule has 0 saturated heterocycles. The zero-order valence-corrected chi connectivity index (χ0v) is 17.7. The molecule has 2 heterocycles. The van der Waals surface area contributed by atoms with Crippen LogP contribution in [-0.2, 0) is 0 Å². The highest BCUT2D eigenvalue weighted by Gasteiger charge is 2.33. The maximum Gasteiger partial charge on any atom is 0.226 e. The number of ether oxygens (including phenoxy) is 1. The normalized spacial score (nSPS) is 15.8. The first-order valence-corrected chi connectivity index (χ1v) is 9.83. The fourth-order valence-corrected chi connectivity index (χ4v) is 3.74. The first kappa shape index (κ1) is 19.0. The molecule has 0 aliphatic carbocycles. The molecule has 1 aromatic heterocycles. The van der Waals surface area contributed by atoms with Gasteiger partial charge in [0.1, 0.15) is 6.07 Å². The van der Waals surface area contributed by atoms with E-state index in [1.165, 1.54) is 0 Å². The highest BCUT2D eigenvalue weighted by Crippen LogP contribution is 2.42. The maximum absolute atomic E-state index is 9.72. The molecule has 1 aliphatic heterocycles. The number of aryl methyl sites for hydroxylation is 1. The van der Waals surface area contributed by atoms with E-state index in [1.807, 2.05) is 31.2 Å². The van der Waals surface area contributed by atoms with Crippen LogP contribution in [0.4, 0.5) is 0 Å². The molecule has 5 nitrogen and oxygen atoms in total.